The fourth-order valence-corrected chi connectivity index (χ4v) is 4.81. The number of aliphatic hydroxyl groups is 1. The van der Waals surface area contributed by atoms with Crippen LogP contribution in [0.15, 0.2) is 40.8 Å². The molecule has 178 valence electrons. The first-order chi connectivity index (χ1) is 15.9. The van der Waals surface area contributed by atoms with E-state index in [1.54, 1.807) is 18.2 Å². The van der Waals surface area contributed by atoms with E-state index in [4.69, 9.17) is 4.42 Å². The molecular weight excluding hydrogens is 427 g/mol. The highest BCUT2D eigenvalue weighted by Crippen LogP contribution is 2.29. The zero-order valence-corrected chi connectivity index (χ0v) is 18.8. The predicted octanol–water partition coefficient (Wildman–Crippen LogP) is 1.38. The van der Waals surface area contributed by atoms with Crippen molar-refractivity contribution < 1.29 is 23.5 Å². The molecular formula is C24H31FN4O4. The Morgan fingerprint density at radius 3 is 2.73 bits per heavy atom. The Morgan fingerprint density at radius 2 is 2.00 bits per heavy atom. The third kappa shape index (κ3) is 5.61. The van der Waals surface area contributed by atoms with Crippen LogP contribution in [-0.4, -0.2) is 65.0 Å². The molecule has 2 aromatic rings. The van der Waals surface area contributed by atoms with Crippen molar-refractivity contribution >= 4 is 11.8 Å². The molecule has 4 rings (SSSR count). The molecule has 2 saturated heterocycles. The zero-order chi connectivity index (χ0) is 23.4. The largest absolute Gasteiger partial charge is 0.462 e. The molecule has 2 fully saturated rings. The molecule has 33 heavy (non-hydrogen) atoms. The minimum Gasteiger partial charge on any atom is -0.462 e. The summed E-state index contributed by atoms with van der Waals surface area (Å²) >= 11 is 0. The minimum absolute atomic E-state index is 0.00143. The Balaban J connectivity index is 1.31. The van der Waals surface area contributed by atoms with Crippen LogP contribution in [0.25, 0.3) is 0 Å². The van der Waals surface area contributed by atoms with Gasteiger partial charge in [0.2, 0.25) is 11.8 Å². The zero-order valence-electron chi connectivity index (χ0n) is 18.8. The predicted molar refractivity (Wildman–Crippen MR) is 119 cm³/mol. The summed E-state index contributed by atoms with van der Waals surface area (Å²) in [5.41, 5.74) is 0.847. The molecule has 2 aliphatic rings. The number of likely N-dealkylation sites (N-methyl/N-ethyl adjacent to an activating group) is 1. The monoisotopic (exact) mass is 458 g/mol. The van der Waals surface area contributed by atoms with E-state index in [0.29, 0.717) is 38.2 Å². The van der Waals surface area contributed by atoms with Crippen molar-refractivity contribution in [1.82, 2.24) is 20.4 Å². The first kappa shape index (κ1) is 23.4. The molecule has 3 N–H and O–H groups in total. The lowest BCUT2D eigenvalue weighted by atomic mass is 10.0. The molecule has 1 aromatic carbocycles. The average Bonchev–Trinajstić information content (AvgIpc) is 3.42. The average molecular weight is 459 g/mol. The Hall–Kier alpha value is -2.75. The van der Waals surface area contributed by atoms with E-state index in [1.165, 1.54) is 12.1 Å². The maximum absolute atomic E-state index is 13.0. The summed E-state index contributed by atoms with van der Waals surface area (Å²) in [4.78, 5) is 29.6. The van der Waals surface area contributed by atoms with Crippen molar-refractivity contribution in [3.8, 4) is 0 Å². The Labute approximate surface area is 192 Å². The normalized spacial score (nSPS) is 23.7. The van der Waals surface area contributed by atoms with E-state index < -0.39 is 0 Å². The van der Waals surface area contributed by atoms with Crippen LogP contribution in [0.4, 0.5) is 4.39 Å². The summed E-state index contributed by atoms with van der Waals surface area (Å²) in [6.07, 6.45) is 1.84. The summed E-state index contributed by atoms with van der Waals surface area (Å²) in [6, 6.07) is 9.50. The van der Waals surface area contributed by atoms with Gasteiger partial charge in [-0.25, -0.2) is 4.39 Å². The van der Waals surface area contributed by atoms with Gasteiger partial charge in [0.1, 0.15) is 30.0 Å². The third-order valence-electron chi connectivity index (χ3n) is 6.69. The SMILES string of the molecule is CN1C(CCC(=O)NCc2ccc(F)cc2)CNC(=O)C2C1CCN2Cc1ccc(CO)o1. The quantitative estimate of drug-likeness (QED) is 0.553. The van der Waals surface area contributed by atoms with Crippen LogP contribution < -0.4 is 10.6 Å². The van der Waals surface area contributed by atoms with Gasteiger partial charge in [0, 0.05) is 38.1 Å². The van der Waals surface area contributed by atoms with Crippen LogP contribution in [0.5, 0.6) is 0 Å². The molecule has 9 heteroatoms. The van der Waals surface area contributed by atoms with Crippen molar-refractivity contribution in [2.75, 3.05) is 20.1 Å². The van der Waals surface area contributed by atoms with Crippen LogP contribution in [0.1, 0.15) is 36.3 Å². The number of rotatable bonds is 8. The number of fused-ring (bicyclic) bond motifs is 1. The van der Waals surface area contributed by atoms with Crippen LogP contribution in [0, 0.1) is 5.82 Å². The second-order valence-electron chi connectivity index (χ2n) is 8.80. The van der Waals surface area contributed by atoms with Crippen molar-refractivity contribution in [2.45, 2.75) is 57.1 Å². The van der Waals surface area contributed by atoms with E-state index in [0.717, 1.165) is 24.3 Å². The number of carbonyl (C=O) groups is 2. The molecule has 0 radical (unpaired) electrons. The number of furan rings is 1. The third-order valence-corrected chi connectivity index (χ3v) is 6.69. The highest BCUT2D eigenvalue weighted by atomic mass is 19.1. The van der Waals surface area contributed by atoms with Gasteiger partial charge >= 0.3 is 0 Å². The maximum atomic E-state index is 13.0. The number of nitrogens with zero attached hydrogens (tertiary/aromatic N) is 2. The highest BCUT2D eigenvalue weighted by molar-refractivity contribution is 5.83. The standard InChI is InChI=1S/C24H31FN4O4/c1-28-18(6-9-22(31)26-12-16-2-4-17(25)5-3-16)13-27-24(32)23-21(28)10-11-29(23)14-19-7-8-20(15-30)33-19/h2-5,7-8,18,21,23,30H,6,9-15H2,1H3,(H,26,31)(H,27,32). The van der Waals surface area contributed by atoms with Gasteiger partial charge in [0.25, 0.3) is 0 Å². The maximum Gasteiger partial charge on any atom is 0.239 e. The molecule has 3 heterocycles. The van der Waals surface area contributed by atoms with Gasteiger partial charge in [-0.3, -0.25) is 19.4 Å². The molecule has 2 aliphatic heterocycles. The lowest BCUT2D eigenvalue weighted by Gasteiger charge is -2.33. The Kier molecular flexibility index (Phi) is 7.42. The van der Waals surface area contributed by atoms with Gasteiger partial charge in [0.15, 0.2) is 0 Å². The van der Waals surface area contributed by atoms with Gasteiger partial charge < -0.3 is 20.2 Å². The summed E-state index contributed by atoms with van der Waals surface area (Å²) in [5.74, 6) is 0.882. The van der Waals surface area contributed by atoms with Gasteiger partial charge in [-0.05, 0) is 49.7 Å². The molecule has 3 unspecified atom stereocenters. The van der Waals surface area contributed by atoms with Crippen LogP contribution >= 0.6 is 0 Å². The fraction of sp³-hybridized carbons (Fsp3) is 0.500. The first-order valence-electron chi connectivity index (χ1n) is 11.4. The molecule has 0 bridgehead atoms. The van der Waals surface area contributed by atoms with E-state index in [-0.39, 0.29) is 42.4 Å². The number of halogens is 1. The number of amides is 2. The summed E-state index contributed by atoms with van der Waals surface area (Å²) in [7, 11) is 2.03. The summed E-state index contributed by atoms with van der Waals surface area (Å²) < 4.78 is 18.6. The van der Waals surface area contributed by atoms with Gasteiger partial charge in [-0.15, -0.1) is 0 Å². The number of nitrogens with one attached hydrogen (secondary N) is 2. The van der Waals surface area contributed by atoms with Crippen molar-refractivity contribution in [3.63, 3.8) is 0 Å². The highest BCUT2D eigenvalue weighted by Gasteiger charge is 2.45. The van der Waals surface area contributed by atoms with Crippen LogP contribution in [0.3, 0.4) is 0 Å². The number of benzene rings is 1. The van der Waals surface area contributed by atoms with Gasteiger partial charge in [0.05, 0.1) is 6.54 Å². The van der Waals surface area contributed by atoms with Crippen LogP contribution in [0.2, 0.25) is 0 Å². The topological polar surface area (TPSA) is 98.1 Å². The van der Waals surface area contributed by atoms with E-state index in [2.05, 4.69) is 20.4 Å². The minimum atomic E-state index is -0.300. The summed E-state index contributed by atoms with van der Waals surface area (Å²) in [5, 5.41) is 15.1. The Bertz CT molecular complexity index is 964. The lowest BCUT2D eigenvalue weighted by molar-refractivity contribution is -0.126. The molecule has 8 nitrogen and oxygen atoms in total. The number of hydrogen-bond donors (Lipinski definition) is 3. The second-order valence-corrected chi connectivity index (χ2v) is 8.80. The molecule has 0 aliphatic carbocycles. The molecule has 1 aromatic heterocycles. The van der Waals surface area contributed by atoms with Crippen molar-refractivity contribution in [1.29, 1.82) is 0 Å². The lowest BCUT2D eigenvalue weighted by Crippen LogP contribution is -2.49. The molecule has 0 spiro atoms. The van der Waals surface area contributed by atoms with Crippen molar-refractivity contribution in [3.05, 3.63) is 59.3 Å². The molecule has 3 atom stereocenters. The van der Waals surface area contributed by atoms with Gasteiger partial charge in [-0.2, -0.15) is 0 Å². The first-order valence-corrected chi connectivity index (χ1v) is 11.4. The fourth-order valence-electron chi connectivity index (χ4n) is 4.81. The summed E-state index contributed by atoms with van der Waals surface area (Å²) in [6.45, 7) is 2.00. The number of likely N-dealkylation sites (tertiary alicyclic amines) is 1. The number of hydrogen-bond acceptors (Lipinski definition) is 6. The molecule has 2 amide bonds. The van der Waals surface area contributed by atoms with E-state index in [1.807, 2.05) is 13.1 Å². The van der Waals surface area contributed by atoms with Gasteiger partial charge in [-0.1, -0.05) is 12.1 Å². The number of aliphatic hydroxyl groups excluding tert-OH is 1. The van der Waals surface area contributed by atoms with Crippen molar-refractivity contribution in [2.24, 2.45) is 0 Å². The number of carbonyl (C=O) groups excluding carboxylic acids is 2. The second kappa shape index (κ2) is 10.5. The molecule has 0 saturated carbocycles. The smallest absolute Gasteiger partial charge is 0.239 e. The Morgan fingerprint density at radius 1 is 1.24 bits per heavy atom. The van der Waals surface area contributed by atoms with Crippen LogP contribution in [-0.2, 0) is 29.3 Å². The van der Waals surface area contributed by atoms with E-state index in [9.17, 15) is 19.1 Å². The van der Waals surface area contributed by atoms with E-state index >= 15 is 0 Å².